The summed E-state index contributed by atoms with van der Waals surface area (Å²) in [6.45, 7) is 3.13. The summed E-state index contributed by atoms with van der Waals surface area (Å²) in [4.78, 5) is 9.04. The number of ether oxygens (including phenoxy) is 1. The number of hydrogen-bond acceptors (Lipinski definition) is 5. The van der Waals surface area contributed by atoms with Gasteiger partial charge in [0.1, 0.15) is 17.9 Å². The standard InChI is InChI=1S/C18H26N6O2/c1-3-15(25-9-1)7-8-19-18(20-11-16-4-2-10-26-16)23-14-5-6-17-21-13-22-24(17)12-14/h1,3,9,13-14,16H,2,4-8,10-12H2,(H2,19,20,23). The molecule has 0 radical (unpaired) electrons. The molecule has 1 saturated heterocycles. The van der Waals surface area contributed by atoms with E-state index in [-0.39, 0.29) is 6.10 Å². The maximum absolute atomic E-state index is 5.69. The average molecular weight is 358 g/mol. The molecule has 140 valence electrons. The number of hydrogen-bond donors (Lipinski definition) is 2. The van der Waals surface area contributed by atoms with E-state index in [9.17, 15) is 0 Å². The summed E-state index contributed by atoms with van der Waals surface area (Å²) in [5.74, 6) is 2.87. The van der Waals surface area contributed by atoms with E-state index >= 15 is 0 Å². The first kappa shape index (κ1) is 17.1. The molecule has 2 aliphatic rings. The lowest BCUT2D eigenvalue weighted by Crippen LogP contribution is -2.47. The van der Waals surface area contributed by atoms with Crippen molar-refractivity contribution in [1.29, 1.82) is 0 Å². The van der Waals surface area contributed by atoms with Gasteiger partial charge < -0.3 is 19.8 Å². The number of fused-ring (bicyclic) bond motifs is 1. The van der Waals surface area contributed by atoms with Crippen LogP contribution in [0.1, 0.15) is 30.8 Å². The van der Waals surface area contributed by atoms with Crippen molar-refractivity contribution >= 4 is 5.96 Å². The van der Waals surface area contributed by atoms with Crippen LogP contribution in [0, 0.1) is 0 Å². The van der Waals surface area contributed by atoms with Crippen LogP contribution in [0.2, 0.25) is 0 Å². The Morgan fingerprint density at radius 3 is 3.23 bits per heavy atom. The summed E-state index contributed by atoms with van der Waals surface area (Å²) in [6.07, 6.45) is 8.59. The normalized spacial score (nSPS) is 23.0. The van der Waals surface area contributed by atoms with Gasteiger partial charge in [0.25, 0.3) is 0 Å². The van der Waals surface area contributed by atoms with Gasteiger partial charge in [-0.25, -0.2) is 9.67 Å². The van der Waals surface area contributed by atoms with Crippen LogP contribution < -0.4 is 10.6 Å². The third kappa shape index (κ3) is 4.43. The quantitative estimate of drug-likeness (QED) is 0.595. The zero-order valence-electron chi connectivity index (χ0n) is 14.9. The molecule has 2 aromatic heterocycles. The van der Waals surface area contributed by atoms with Gasteiger partial charge in [-0.2, -0.15) is 5.10 Å². The van der Waals surface area contributed by atoms with Crippen molar-refractivity contribution in [3.63, 3.8) is 0 Å². The number of aromatic nitrogens is 3. The predicted molar refractivity (Wildman–Crippen MR) is 97.0 cm³/mol. The van der Waals surface area contributed by atoms with Crippen LogP contribution in [-0.2, 0) is 24.1 Å². The highest BCUT2D eigenvalue weighted by atomic mass is 16.5. The van der Waals surface area contributed by atoms with Crippen LogP contribution in [0.4, 0.5) is 0 Å². The van der Waals surface area contributed by atoms with Gasteiger partial charge in [-0.15, -0.1) is 0 Å². The summed E-state index contributed by atoms with van der Waals surface area (Å²) in [7, 11) is 0. The van der Waals surface area contributed by atoms with Crippen molar-refractivity contribution in [2.75, 3.05) is 19.7 Å². The Morgan fingerprint density at radius 2 is 2.38 bits per heavy atom. The topological polar surface area (TPSA) is 89.5 Å². The molecule has 0 bridgehead atoms. The highest BCUT2D eigenvalue weighted by Crippen LogP contribution is 2.13. The minimum Gasteiger partial charge on any atom is -0.469 e. The summed E-state index contributed by atoms with van der Waals surface area (Å²) in [5, 5.41) is 11.3. The lowest BCUT2D eigenvalue weighted by Gasteiger charge is -2.25. The van der Waals surface area contributed by atoms with Crippen molar-refractivity contribution in [3.05, 3.63) is 36.3 Å². The van der Waals surface area contributed by atoms with Gasteiger partial charge in [0.2, 0.25) is 0 Å². The Bertz CT molecular complexity index is 705. The Balaban J connectivity index is 1.34. The molecule has 2 atom stereocenters. The third-order valence-corrected chi connectivity index (χ3v) is 4.87. The molecular formula is C18H26N6O2. The van der Waals surface area contributed by atoms with E-state index in [0.29, 0.717) is 12.6 Å². The molecule has 26 heavy (non-hydrogen) atoms. The number of aliphatic imine (C=N–C) groups is 1. The second kappa shape index (κ2) is 8.35. The van der Waals surface area contributed by atoms with Crippen molar-refractivity contribution in [3.8, 4) is 0 Å². The number of nitrogens with zero attached hydrogens (tertiary/aromatic N) is 4. The fourth-order valence-electron chi connectivity index (χ4n) is 3.44. The summed E-state index contributed by atoms with van der Waals surface area (Å²) < 4.78 is 13.1. The van der Waals surface area contributed by atoms with E-state index in [1.165, 1.54) is 0 Å². The van der Waals surface area contributed by atoms with Crippen LogP contribution >= 0.6 is 0 Å². The first-order chi connectivity index (χ1) is 12.9. The minimum atomic E-state index is 0.243. The van der Waals surface area contributed by atoms with Gasteiger partial charge in [-0.05, 0) is 31.4 Å². The predicted octanol–water partition coefficient (Wildman–Crippen LogP) is 1.14. The highest BCUT2D eigenvalue weighted by Gasteiger charge is 2.21. The van der Waals surface area contributed by atoms with E-state index in [1.807, 2.05) is 16.8 Å². The number of furan rings is 1. The number of aryl methyl sites for hydroxylation is 1. The lowest BCUT2D eigenvalue weighted by atomic mass is 10.1. The monoisotopic (exact) mass is 358 g/mol. The Kier molecular flexibility index (Phi) is 5.49. The van der Waals surface area contributed by atoms with Crippen LogP contribution in [-0.4, -0.2) is 52.6 Å². The first-order valence-electron chi connectivity index (χ1n) is 9.42. The van der Waals surface area contributed by atoms with Crippen molar-refractivity contribution in [1.82, 2.24) is 25.4 Å². The molecule has 8 nitrogen and oxygen atoms in total. The summed E-state index contributed by atoms with van der Waals surface area (Å²) in [6, 6.07) is 4.20. The molecule has 2 unspecified atom stereocenters. The fraction of sp³-hybridized carbons (Fsp3) is 0.611. The van der Waals surface area contributed by atoms with Gasteiger partial charge in [0.15, 0.2) is 5.96 Å². The zero-order chi connectivity index (χ0) is 17.6. The molecule has 0 aliphatic carbocycles. The van der Waals surface area contributed by atoms with E-state index in [0.717, 1.165) is 69.3 Å². The third-order valence-electron chi connectivity index (χ3n) is 4.87. The molecule has 4 heterocycles. The lowest BCUT2D eigenvalue weighted by molar-refractivity contribution is 0.117. The molecule has 1 fully saturated rings. The van der Waals surface area contributed by atoms with Gasteiger partial charge >= 0.3 is 0 Å². The molecule has 0 spiro atoms. The van der Waals surface area contributed by atoms with Crippen molar-refractivity contribution in [2.24, 2.45) is 4.99 Å². The Labute approximate surface area is 153 Å². The van der Waals surface area contributed by atoms with Gasteiger partial charge in [-0.3, -0.25) is 4.99 Å². The van der Waals surface area contributed by atoms with Gasteiger partial charge in [0.05, 0.1) is 25.5 Å². The number of rotatable bonds is 6. The van der Waals surface area contributed by atoms with Crippen LogP contribution in [0.5, 0.6) is 0 Å². The molecule has 0 amide bonds. The molecule has 4 rings (SSSR count). The van der Waals surface area contributed by atoms with Crippen LogP contribution in [0.15, 0.2) is 34.1 Å². The highest BCUT2D eigenvalue weighted by molar-refractivity contribution is 5.80. The average Bonchev–Trinajstić information content (AvgIpc) is 3.41. The zero-order valence-corrected chi connectivity index (χ0v) is 14.9. The van der Waals surface area contributed by atoms with Crippen molar-refractivity contribution in [2.45, 2.75) is 50.8 Å². The molecule has 8 heteroatoms. The molecule has 0 saturated carbocycles. The fourth-order valence-corrected chi connectivity index (χ4v) is 3.44. The summed E-state index contributed by atoms with van der Waals surface area (Å²) in [5.41, 5.74) is 0. The molecular weight excluding hydrogens is 332 g/mol. The maximum atomic E-state index is 5.69. The molecule has 2 aromatic rings. The Morgan fingerprint density at radius 1 is 1.38 bits per heavy atom. The largest absolute Gasteiger partial charge is 0.469 e. The van der Waals surface area contributed by atoms with Crippen LogP contribution in [0.3, 0.4) is 0 Å². The second-order valence-corrected chi connectivity index (χ2v) is 6.82. The van der Waals surface area contributed by atoms with E-state index in [1.54, 1.807) is 12.6 Å². The summed E-state index contributed by atoms with van der Waals surface area (Å²) >= 11 is 0. The van der Waals surface area contributed by atoms with Crippen molar-refractivity contribution < 1.29 is 9.15 Å². The van der Waals surface area contributed by atoms with E-state index in [4.69, 9.17) is 14.1 Å². The molecule has 2 aliphatic heterocycles. The Hall–Kier alpha value is -2.35. The minimum absolute atomic E-state index is 0.243. The SMILES string of the molecule is c1coc(CCNC(=NCC2CCCO2)NC2CCc3ncnn3C2)c1. The maximum Gasteiger partial charge on any atom is 0.191 e. The molecule has 0 aromatic carbocycles. The van der Waals surface area contributed by atoms with Gasteiger partial charge in [-0.1, -0.05) is 0 Å². The first-order valence-corrected chi connectivity index (χ1v) is 9.42. The second-order valence-electron chi connectivity index (χ2n) is 6.82. The number of guanidine groups is 1. The van der Waals surface area contributed by atoms with Gasteiger partial charge in [0, 0.05) is 32.0 Å². The van der Waals surface area contributed by atoms with E-state index < -0.39 is 0 Å². The molecule has 2 N–H and O–H groups in total. The number of nitrogens with one attached hydrogen (secondary N) is 2. The smallest absolute Gasteiger partial charge is 0.191 e. The van der Waals surface area contributed by atoms with Crippen LogP contribution in [0.25, 0.3) is 0 Å². The van der Waals surface area contributed by atoms with E-state index in [2.05, 4.69) is 20.7 Å².